The van der Waals surface area contributed by atoms with Crippen LogP contribution in [0.2, 0.25) is 0 Å². The highest BCUT2D eigenvalue weighted by molar-refractivity contribution is 5.97. The maximum atomic E-state index is 12.7. The van der Waals surface area contributed by atoms with E-state index in [1.165, 1.54) is 6.92 Å². The molecule has 7 heteroatoms. The van der Waals surface area contributed by atoms with Crippen molar-refractivity contribution >= 4 is 23.3 Å². The third kappa shape index (κ3) is 4.30. The minimum absolute atomic E-state index is 0.000681. The first-order valence-electron chi connectivity index (χ1n) is 9.77. The number of aromatic nitrogens is 2. The van der Waals surface area contributed by atoms with E-state index < -0.39 is 0 Å². The van der Waals surface area contributed by atoms with E-state index in [0.717, 1.165) is 37.8 Å². The van der Waals surface area contributed by atoms with Crippen LogP contribution in [0.25, 0.3) is 0 Å². The minimum Gasteiger partial charge on any atom is -0.356 e. The lowest BCUT2D eigenvalue weighted by atomic mass is 10.1. The quantitative estimate of drug-likeness (QED) is 0.716. The Morgan fingerprint density at radius 2 is 1.50 bits per heavy atom. The van der Waals surface area contributed by atoms with Crippen LogP contribution in [-0.4, -0.2) is 66.1 Å². The Morgan fingerprint density at radius 3 is 2.00 bits per heavy atom. The molecule has 1 fully saturated rings. The van der Waals surface area contributed by atoms with Crippen molar-refractivity contribution in [3.05, 3.63) is 47.5 Å². The number of carbonyl (C=O) groups is 2. The molecule has 0 unspecified atom stereocenters. The van der Waals surface area contributed by atoms with Gasteiger partial charge in [-0.15, -0.1) is 10.2 Å². The maximum absolute atomic E-state index is 12.7. The Balaban J connectivity index is 1.59. The van der Waals surface area contributed by atoms with Gasteiger partial charge in [0.1, 0.15) is 0 Å². The largest absolute Gasteiger partial charge is 0.356 e. The van der Waals surface area contributed by atoms with Gasteiger partial charge < -0.3 is 14.7 Å². The van der Waals surface area contributed by atoms with Crippen molar-refractivity contribution in [1.29, 1.82) is 0 Å². The fourth-order valence-electron chi connectivity index (χ4n) is 3.37. The summed E-state index contributed by atoms with van der Waals surface area (Å²) in [6, 6.07) is 10.9. The molecule has 0 saturated carbocycles. The Bertz CT molecular complexity index is 808. The first-order valence-corrected chi connectivity index (χ1v) is 9.77. The summed E-state index contributed by atoms with van der Waals surface area (Å²) in [6.45, 7) is 10.2. The summed E-state index contributed by atoms with van der Waals surface area (Å²) in [6.07, 6.45) is 0. The van der Waals surface area contributed by atoms with Crippen LogP contribution in [-0.2, 0) is 0 Å². The van der Waals surface area contributed by atoms with E-state index in [1.54, 1.807) is 24.3 Å². The molecule has 1 amide bonds. The molecule has 7 nitrogen and oxygen atoms in total. The standard InChI is InChI=1S/C21H27N5O2/c1-4-24(5-2)19-10-11-20(23-22-19)25-12-14-26(15-13-25)21(28)18-8-6-17(7-9-18)16(3)27/h6-11H,4-5,12-15H2,1-3H3. The molecule has 0 N–H and O–H groups in total. The summed E-state index contributed by atoms with van der Waals surface area (Å²) in [7, 11) is 0. The van der Waals surface area contributed by atoms with Gasteiger partial charge in [-0.25, -0.2) is 0 Å². The average Bonchev–Trinajstić information content (AvgIpc) is 2.75. The molecule has 1 aromatic carbocycles. The number of benzene rings is 1. The van der Waals surface area contributed by atoms with Crippen molar-refractivity contribution in [3.8, 4) is 0 Å². The van der Waals surface area contributed by atoms with Gasteiger partial charge in [0.25, 0.3) is 5.91 Å². The van der Waals surface area contributed by atoms with Gasteiger partial charge in [0.05, 0.1) is 0 Å². The predicted octanol–water partition coefficient (Wildman–Crippen LogP) is 2.49. The second kappa shape index (κ2) is 8.82. The monoisotopic (exact) mass is 381 g/mol. The molecule has 2 aromatic rings. The number of ketones is 1. The van der Waals surface area contributed by atoms with E-state index in [4.69, 9.17) is 0 Å². The molecular weight excluding hydrogens is 354 g/mol. The number of piperazine rings is 1. The van der Waals surface area contributed by atoms with E-state index in [2.05, 4.69) is 33.8 Å². The summed E-state index contributed by atoms with van der Waals surface area (Å²) in [4.78, 5) is 30.2. The Kier molecular flexibility index (Phi) is 6.23. The van der Waals surface area contributed by atoms with Crippen LogP contribution in [0.5, 0.6) is 0 Å². The fraction of sp³-hybridized carbons (Fsp3) is 0.429. The summed E-state index contributed by atoms with van der Waals surface area (Å²) in [5.41, 5.74) is 1.23. The topological polar surface area (TPSA) is 69.6 Å². The number of hydrogen-bond donors (Lipinski definition) is 0. The molecule has 1 aliphatic heterocycles. The summed E-state index contributed by atoms with van der Waals surface area (Å²) in [5, 5.41) is 8.72. The average molecular weight is 381 g/mol. The van der Waals surface area contributed by atoms with Gasteiger partial charge in [-0.1, -0.05) is 12.1 Å². The number of rotatable bonds is 6. The zero-order valence-corrected chi connectivity index (χ0v) is 16.8. The van der Waals surface area contributed by atoms with Crippen LogP contribution in [0.15, 0.2) is 36.4 Å². The molecule has 0 aliphatic carbocycles. The first-order chi connectivity index (χ1) is 13.5. The molecule has 1 saturated heterocycles. The van der Waals surface area contributed by atoms with Gasteiger partial charge in [0, 0.05) is 50.4 Å². The molecule has 0 spiro atoms. The fourth-order valence-corrected chi connectivity index (χ4v) is 3.37. The number of nitrogens with zero attached hydrogens (tertiary/aromatic N) is 5. The van der Waals surface area contributed by atoms with Crippen LogP contribution in [0.4, 0.5) is 11.6 Å². The number of hydrogen-bond acceptors (Lipinski definition) is 6. The SMILES string of the molecule is CCN(CC)c1ccc(N2CCN(C(=O)c3ccc(C(C)=O)cc3)CC2)nn1. The van der Waals surface area contributed by atoms with Crippen molar-refractivity contribution in [1.82, 2.24) is 15.1 Å². The highest BCUT2D eigenvalue weighted by Gasteiger charge is 2.23. The van der Waals surface area contributed by atoms with Gasteiger partial charge in [0.15, 0.2) is 17.4 Å². The predicted molar refractivity (Wildman–Crippen MR) is 110 cm³/mol. The number of Topliss-reactive ketones (excluding diaryl/α,β-unsaturated/α-hetero) is 1. The van der Waals surface area contributed by atoms with Crippen molar-refractivity contribution in [3.63, 3.8) is 0 Å². The summed E-state index contributed by atoms with van der Waals surface area (Å²) >= 11 is 0. The van der Waals surface area contributed by atoms with E-state index in [0.29, 0.717) is 24.2 Å². The zero-order chi connectivity index (χ0) is 20.1. The third-order valence-corrected chi connectivity index (χ3v) is 5.15. The summed E-state index contributed by atoms with van der Waals surface area (Å²) < 4.78 is 0. The van der Waals surface area contributed by atoms with Gasteiger partial charge in [0.2, 0.25) is 0 Å². The Morgan fingerprint density at radius 1 is 0.893 bits per heavy atom. The van der Waals surface area contributed by atoms with E-state index in [-0.39, 0.29) is 11.7 Å². The molecule has 0 radical (unpaired) electrons. The lowest BCUT2D eigenvalue weighted by Gasteiger charge is -2.35. The van der Waals surface area contributed by atoms with Crippen LogP contribution < -0.4 is 9.80 Å². The molecule has 28 heavy (non-hydrogen) atoms. The van der Waals surface area contributed by atoms with E-state index >= 15 is 0 Å². The normalized spacial score (nSPS) is 14.1. The molecule has 0 atom stereocenters. The lowest BCUT2D eigenvalue weighted by molar-refractivity contribution is 0.0746. The van der Waals surface area contributed by atoms with Crippen LogP contribution in [0.1, 0.15) is 41.5 Å². The zero-order valence-electron chi connectivity index (χ0n) is 16.8. The van der Waals surface area contributed by atoms with Gasteiger partial charge in [-0.3, -0.25) is 9.59 Å². The number of amides is 1. The number of anilines is 2. The van der Waals surface area contributed by atoms with E-state index in [1.807, 2.05) is 17.0 Å². The lowest BCUT2D eigenvalue weighted by Crippen LogP contribution is -2.49. The number of carbonyl (C=O) groups excluding carboxylic acids is 2. The maximum Gasteiger partial charge on any atom is 0.253 e. The molecule has 148 valence electrons. The molecule has 1 aromatic heterocycles. The van der Waals surface area contributed by atoms with Crippen molar-refractivity contribution in [2.75, 3.05) is 49.1 Å². The smallest absolute Gasteiger partial charge is 0.253 e. The van der Waals surface area contributed by atoms with Crippen LogP contribution >= 0.6 is 0 Å². The Hall–Kier alpha value is -2.96. The molecular formula is C21H27N5O2. The van der Waals surface area contributed by atoms with Gasteiger partial charge in [-0.05, 0) is 45.0 Å². The highest BCUT2D eigenvalue weighted by atomic mass is 16.2. The second-order valence-electron chi connectivity index (χ2n) is 6.83. The van der Waals surface area contributed by atoms with E-state index in [9.17, 15) is 9.59 Å². The van der Waals surface area contributed by atoms with Gasteiger partial charge >= 0.3 is 0 Å². The van der Waals surface area contributed by atoms with Gasteiger partial charge in [-0.2, -0.15) is 0 Å². The van der Waals surface area contributed by atoms with Crippen molar-refractivity contribution < 1.29 is 9.59 Å². The third-order valence-electron chi connectivity index (χ3n) is 5.15. The highest BCUT2D eigenvalue weighted by Crippen LogP contribution is 2.17. The molecule has 1 aliphatic rings. The molecule has 2 heterocycles. The second-order valence-corrected chi connectivity index (χ2v) is 6.83. The first kappa shape index (κ1) is 19.8. The summed E-state index contributed by atoms with van der Waals surface area (Å²) in [5.74, 6) is 1.73. The molecule has 0 bridgehead atoms. The molecule has 3 rings (SSSR count). The van der Waals surface area contributed by atoms with Crippen LogP contribution in [0.3, 0.4) is 0 Å². The van der Waals surface area contributed by atoms with Crippen molar-refractivity contribution in [2.24, 2.45) is 0 Å². The van der Waals surface area contributed by atoms with Crippen LogP contribution in [0, 0.1) is 0 Å². The minimum atomic E-state index is -0.00211. The Labute approximate surface area is 166 Å². The van der Waals surface area contributed by atoms with Crippen molar-refractivity contribution in [2.45, 2.75) is 20.8 Å².